The molecule has 114 valence electrons. The van der Waals surface area contributed by atoms with E-state index in [2.05, 4.69) is 9.82 Å². The molecule has 0 saturated heterocycles. The summed E-state index contributed by atoms with van der Waals surface area (Å²) in [5.74, 6) is -0.952. The summed E-state index contributed by atoms with van der Waals surface area (Å²) in [6.45, 7) is 1.28. The summed E-state index contributed by atoms with van der Waals surface area (Å²) in [7, 11) is 0.260. The lowest BCUT2D eigenvalue weighted by Gasteiger charge is -2.09. The van der Waals surface area contributed by atoms with E-state index < -0.39 is 16.0 Å². The fraction of sp³-hybridized carbons (Fsp3) is 0.636. The molecule has 0 amide bonds. The molecule has 20 heavy (non-hydrogen) atoms. The van der Waals surface area contributed by atoms with Crippen molar-refractivity contribution in [2.24, 2.45) is 0 Å². The number of carboxylic acids is 1. The summed E-state index contributed by atoms with van der Waals surface area (Å²) >= 11 is 0. The molecule has 0 aliphatic carbocycles. The molecule has 1 aromatic heterocycles. The number of rotatable bonds is 9. The van der Waals surface area contributed by atoms with Crippen molar-refractivity contribution in [1.29, 1.82) is 0 Å². The zero-order valence-corrected chi connectivity index (χ0v) is 12.4. The molecule has 9 heteroatoms. The van der Waals surface area contributed by atoms with E-state index in [1.807, 2.05) is 19.0 Å². The van der Waals surface area contributed by atoms with E-state index in [9.17, 15) is 13.2 Å². The molecular formula is C11H20N4O4S. The van der Waals surface area contributed by atoms with E-state index in [0.29, 0.717) is 13.0 Å². The van der Waals surface area contributed by atoms with Gasteiger partial charge in [-0.1, -0.05) is 0 Å². The molecule has 0 radical (unpaired) electrons. The molecule has 0 saturated carbocycles. The predicted molar refractivity (Wildman–Crippen MR) is 72.8 cm³/mol. The van der Waals surface area contributed by atoms with Crippen LogP contribution in [-0.2, 0) is 21.4 Å². The van der Waals surface area contributed by atoms with Crippen LogP contribution in [0.5, 0.6) is 0 Å². The summed E-state index contributed by atoms with van der Waals surface area (Å²) in [6, 6.07) is 0. The van der Waals surface area contributed by atoms with E-state index in [1.54, 1.807) is 0 Å². The molecular weight excluding hydrogens is 284 g/mol. The van der Waals surface area contributed by atoms with E-state index >= 15 is 0 Å². The highest BCUT2D eigenvalue weighted by Gasteiger charge is 2.16. The van der Waals surface area contributed by atoms with Crippen LogP contribution >= 0.6 is 0 Å². The molecule has 0 aliphatic rings. The third kappa shape index (κ3) is 5.68. The molecule has 1 aromatic rings. The molecule has 8 nitrogen and oxygen atoms in total. The predicted octanol–water partition coefficient (Wildman–Crippen LogP) is -0.412. The van der Waals surface area contributed by atoms with Crippen molar-refractivity contribution >= 4 is 16.0 Å². The highest BCUT2D eigenvalue weighted by Crippen LogP contribution is 2.07. The molecule has 0 aromatic carbocycles. The minimum Gasteiger partial charge on any atom is -0.481 e. The van der Waals surface area contributed by atoms with Crippen molar-refractivity contribution in [3.8, 4) is 0 Å². The highest BCUT2D eigenvalue weighted by molar-refractivity contribution is 7.89. The van der Waals surface area contributed by atoms with Crippen LogP contribution in [0.4, 0.5) is 0 Å². The number of carboxylic acid groups (broad SMARTS) is 1. The van der Waals surface area contributed by atoms with E-state index in [4.69, 9.17) is 5.11 Å². The monoisotopic (exact) mass is 304 g/mol. The second kappa shape index (κ2) is 7.36. The highest BCUT2D eigenvalue weighted by atomic mass is 32.2. The zero-order valence-electron chi connectivity index (χ0n) is 11.6. The van der Waals surface area contributed by atoms with Gasteiger partial charge >= 0.3 is 5.97 Å². The Labute approximate surface area is 118 Å². The maximum Gasteiger partial charge on any atom is 0.305 e. The summed E-state index contributed by atoms with van der Waals surface area (Å²) in [4.78, 5) is 12.4. The van der Waals surface area contributed by atoms with Crippen molar-refractivity contribution in [1.82, 2.24) is 19.4 Å². The second-order valence-corrected chi connectivity index (χ2v) is 6.40. The van der Waals surface area contributed by atoms with Crippen molar-refractivity contribution in [2.45, 2.75) is 24.3 Å². The van der Waals surface area contributed by atoms with E-state index in [1.165, 1.54) is 17.1 Å². The van der Waals surface area contributed by atoms with Gasteiger partial charge in [0.15, 0.2) is 0 Å². The summed E-state index contributed by atoms with van der Waals surface area (Å²) < 4.78 is 27.7. The van der Waals surface area contributed by atoms with Crippen LogP contribution in [0, 0.1) is 0 Å². The van der Waals surface area contributed by atoms with Gasteiger partial charge in [-0.05, 0) is 27.1 Å². The van der Waals surface area contributed by atoms with Crippen LogP contribution in [0.3, 0.4) is 0 Å². The number of hydrogen-bond acceptors (Lipinski definition) is 5. The first kappa shape index (κ1) is 16.6. The molecule has 0 fully saturated rings. The SMILES string of the molecule is CN(C)CCCNS(=O)(=O)c1cnn(CCC(=O)O)c1. The maximum atomic E-state index is 11.9. The number of aryl methyl sites for hydroxylation is 1. The van der Waals surface area contributed by atoms with Crippen LogP contribution in [0.1, 0.15) is 12.8 Å². The fourth-order valence-electron chi connectivity index (χ4n) is 1.50. The Morgan fingerprint density at radius 3 is 2.80 bits per heavy atom. The first-order chi connectivity index (χ1) is 9.31. The van der Waals surface area contributed by atoms with Crippen LogP contribution < -0.4 is 4.72 Å². The molecule has 0 bridgehead atoms. The topological polar surface area (TPSA) is 105 Å². The van der Waals surface area contributed by atoms with Crippen molar-refractivity contribution in [2.75, 3.05) is 27.2 Å². The minimum atomic E-state index is -3.58. The summed E-state index contributed by atoms with van der Waals surface area (Å²) in [5.41, 5.74) is 0. The summed E-state index contributed by atoms with van der Waals surface area (Å²) in [6.07, 6.45) is 3.16. The van der Waals surface area contributed by atoms with Gasteiger partial charge in [-0.25, -0.2) is 13.1 Å². The average molecular weight is 304 g/mol. The number of hydrogen-bond donors (Lipinski definition) is 2. The van der Waals surface area contributed by atoms with Gasteiger partial charge in [0.25, 0.3) is 0 Å². The van der Waals surface area contributed by atoms with Gasteiger partial charge in [-0.2, -0.15) is 5.10 Å². The van der Waals surface area contributed by atoms with E-state index in [-0.39, 0.29) is 17.9 Å². The van der Waals surface area contributed by atoms with Crippen molar-refractivity contribution in [3.63, 3.8) is 0 Å². The lowest BCUT2D eigenvalue weighted by atomic mass is 10.4. The Kier molecular flexibility index (Phi) is 6.11. The molecule has 1 rings (SSSR count). The zero-order chi connectivity index (χ0) is 15.2. The number of aliphatic carboxylic acids is 1. The molecule has 0 unspecified atom stereocenters. The smallest absolute Gasteiger partial charge is 0.305 e. The van der Waals surface area contributed by atoms with Crippen LogP contribution in [0.15, 0.2) is 17.3 Å². The van der Waals surface area contributed by atoms with Crippen molar-refractivity contribution in [3.05, 3.63) is 12.4 Å². The number of nitrogens with zero attached hydrogens (tertiary/aromatic N) is 3. The van der Waals surface area contributed by atoms with Gasteiger partial charge in [-0.3, -0.25) is 9.48 Å². The number of nitrogens with one attached hydrogen (secondary N) is 1. The van der Waals surface area contributed by atoms with E-state index in [0.717, 1.165) is 6.54 Å². The first-order valence-electron chi connectivity index (χ1n) is 6.20. The minimum absolute atomic E-state index is 0.0488. The van der Waals surface area contributed by atoms with Gasteiger partial charge in [0, 0.05) is 12.7 Å². The Hall–Kier alpha value is -1.45. The quantitative estimate of drug-likeness (QED) is 0.601. The summed E-state index contributed by atoms with van der Waals surface area (Å²) in [5, 5.41) is 12.4. The molecule has 0 atom stereocenters. The number of aromatic nitrogens is 2. The molecule has 2 N–H and O–H groups in total. The first-order valence-corrected chi connectivity index (χ1v) is 7.68. The Balaban J connectivity index is 2.53. The van der Waals surface area contributed by atoms with Gasteiger partial charge in [0.2, 0.25) is 10.0 Å². The number of sulfonamides is 1. The third-order valence-corrected chi connectivity index (χ3v) is 3.96. The van der Waals surface area contributed by atoms with Crippen LogP contribution in [-0.4, -0.2) is 61.4 Å². The Morgan fingerprint density at radius 2 is 2.20 bits per heavy atom. The maximum absolute atomic E-state index is 11.9. The second-order valence-electron chi connectivity index (χ2n) is 4.64. The van der Waals surface area contributed by atoms with Crippen LogP contribution in [0.25, 0.3) is 0 Å². The number of carbonyl (C=O) groups is 1. The van der Waals surface area contributed by atoms with Gasteiger partial charge in [0.1, 0.15) is 4.90 Å². The molecule has 0 aliphatic heterocycles. The third-order valence-electron chi connectivity index (χ3n) is 2.55. The normalized spacial score (nSPS) is 11.9. The fourth-order valence-corrected chi connectivity index (χ4v) is 2.53. The van der Waals surface area contributed by atoms with Crippen LogP contribution in [0.2, 0.25) is 0 Å². The van der Waals surface area contributed by atoms with Crippen molar-refractivity contribution < 1.29 is 18.3 Å². The lowest BCUT2D eigenvalue weighted by Crippen LogP contribution is -2.27. The molecule has 0 spiro atoms. The Bertz CT molecular complexity index is 538. The Morgan fingerprint density at radius 1 is 1.50 bits per heavy atom. The van der Waals surface area contributed by atoms with Gasteiger partial charge < -0.3 is 10.0 Å². The van der Waals surface area contributed by atoms with Gasteiger partial charge in [-0.15, -0.1) is 0 Å². The van der Waals surface area contributed by atoms with Gasteiger partial charge in [0.05, 0.1) is 19.2 Å². The average Bonchev–Trinajstić information content (AvgIpc) is 2.81. The molecule has 1 heterocycles. The standard InChI is InChI=1S/C11H20N4O4S/c1-14(2)6-3-5-13-20(18,19)10-8-12-15(9-10)7-4-11(16)17/h8-9,13H,3-7H2,1-2H3,(H,16,17). The lowest BCUT2D eigenvalue weighted by molar-refractivity contribution is -0.137. The largest absolute Gasteiger partial charge is 0.481 e.